The minimum Gasteiger partial charge on any atom is -0.448 e. The largest absolute Gasteiger partial charge is 0.448 e. The van der Waals surface area contributed by atoms with E-state index >= 15 is 0 Å². The number of nitrogens with one attached hydrogen (secondary N) is 1. The molecule has 0 spiro atoms. The van der Waals surface area contributed by atoms with E-state index in [2.05, 4.69) is 26.0 Å². The monoisotopic (exact) mass is 320 g/mol. The lowest BCUT2D eigenvalue weighted by Gasteiger charge is -2.06. The number of ether oxygens (including phenoxy) is 1. The maximum Gasteiger partial charge on any atom is 0.404 e. The van der Waals surface area contributed by atoms with E-state index in [4.69, 9.17) is 17.3 Å². The highest BCUT2D eigenvalue weighted by Gasteiger charge is 2.07. The molecule has 0 fully saturated rings. The number of hydrogen-bond donors (Lipinski definition) is 2. The van der Waals surface area contributed by atoms with Crippen molar-refractivity contribution in [2.75, 3.05) is 13.2 Å². The fraction of sp³-hybridized carbons (Fsp3) is 0.200. The Bertz CT molecular complexity index is 440. The lowest BCUT2D eigenvalue weighted by molar-refractivity contribution is 0.0937. The molecule has 0 aliphatic heterocycles. The van der Waals surface area contributed by atoms with Crippen molar-refractivity contribution < 1.29 is 14.3 Å². The number of halogens is 2. The minimum absolute atomic E-state index is 0.0331. The van der Waals surface area contributed by atoms with E-state index in [1.807, 2.05) is 0 Å². The van der Waals surface area contributed by atoms with Crippen LogP contribution in [0.15, 0.2) is 22.7 Å². The van der Waals surface area contributed by atoms with Gasteiger partial charge < -0.3 is 15.8 Å². The van der Waals surface area contributed by atoms with Gasteiger partial charge in [0.15, 0.2) is 0 Å². The zero-order chi connectivity index (χ0) is 12.8. The van der Waals surface area contributed by atoms with Crippen LogP contribution in [-0.2, 0) is 4.74 Å². The average molecular weight is 322 g/mol. The number of nitrogens with two attached hydrogens (primary N) is 1. The molecule has 1 aromatic rings. The third kappa shape index (κ3) is 4.62. The standard InChI is InChI=1S/C10H10BrClN2O3/c11-7-2-1-6(5-8(7)12)9(15)14-3-4-17-10(13)16/h1-2,5H,3-4H2,(H2,13,16)(H,14,15). The van der Waals surface area contributed by atoms with Gasteiger partial charge in [0, 0.05) is 10.0 Å². The van der Waals surface area contributed by atoms with Gasteiger partial charge in [-0.1, -0.05) is 11.6 Å². The summed E-state index contributed by atoms with van der Waals surface area (Å²) in [5, 5.41) is 3.01. The summed E-state index contributed by atoms with van der Waals surface area (Å²) in [6, 6.07) is 4.84. The Morgan fingerprint density at radius 3 is 2.76 bits per heavy atom. The summed E-state index contributed by atoms with van der Waals surface area (Å²) in [6.45, 7) is 0.223. The molecule has 0 unspecified atom stereocenters. The molecule has 0 aliphatic carbocycles. The highest BCUT2D eigenvalue weighted by Crippen LogP contribution is 2.22. The first kappa shape index (κ1) is 13.8. The molecule has 0 aliphatic rings. The lowest BCUT2D eigenvalue weighted by atomic mass is 10.2. The Kier molecular flexibility index (Phi) is 5.24. The summed E-state index contributed by atoms with van der Waals surface area (Å²) in [5.74, 6) is -0.299. The SMILES string of the molecule is NC(=O)OCCNC(=O)c1ccc(Br)c(Cl)c1. The lowest BCUT2D eigenvalue weighted by Crippen LogP contribution is -2.29. The smallest absolute Gasteiger partial charge is 0.404 e. The Labute approximate surface area is 111 Å². The van der Waals surface area contributed by atoms with Crippen LogP contribution >= 0.6 is 27.5 Å². The maximum atomic E-state index is 11.6. The summed E-state index contributed by atoms with van der Waals surface area (Å²) >= 11 is 9.07. The van der Waals surface area contributed by atoms with Crippen molar-refractivity contribution >= 4 is 39.5 Å². The summed E-state index contributed by atoms with van der Waals surface area (Å²) in [4.78, 5) is 21.9. The van der Waals surface area contributed by atoms with Crippen LogP contribution in [0.4, 0.5) is 4.79 Å². The molecule has 0 saturated carbocycles. The second kappa shape index (κ2) is 6.46. The van der Waals surface area contributed by atoms with Gasteiger partial charge in [-0.2, -0.15) is 0 Å². The topological polar surface area (TPSA) is 81.4 Å². The van der Waals surface area contributed by atoms with Crippen molar-refractivity contribution in [3.05, 3.63) is 33.3 Å². The van der Waals surface area contributed by atoms with Gasteiger partial charge >= 0.3 is 6.09 Å². The predicted molar refractivity (Wildman–Crippen MR) is 67.0 cm³/mol. The van der Waals surface area contributed by atoms with E-state index in [9.17, 15) is 9.59 Å². The van der Waals surface area contributed by atoms with Gasteiger partial charge in [0.2, 0.25) is 0 Å². The van der Waals surface area contributed by atoms with Gasteiger partial charge in [-0.25, -0.2) is 4.79 Å². The molecule has 0 aromatic heterocycles. The quantitative estimate of drug-likeness (QED) is 0.831. The molecular weight excluding hydrogens is 311 g/mol. The highest BCUT2D eigenvalue weighted by atomic mass is 79.9. The number of carbonyl (C=O) groups excluding carboxylic acids is 2. The van der Waals surface area contributed by atoms with Crippen molar-refractivity contribution in [1.29, 1.82) is 0 Å². The Morgan fingerprint density at radius 2 is 2.18 bits per heavy atom. The van der Waals surface area contributed by atoms with Crippen molar-refractivity contribution in [2.45, 2.75) is 0 Å². The van der Waals surface area contributed by atoms with E-state index in [-0.39, 0.29) is 19.1 Å². The average Bonchev–Trinajstić information content (AvgIpc) is 2.27. The van der Waals surface area contributed by atoms with Crippen LogP contribution < -0.4 is 11.1 Å². The first-order chi connectivity index (χ1) is 8.00. The van der Waals surface area contributed by atoms with Crippen molar-refractivity contribution in [2.24, 2.45) is 5.73 Å². The normalized spacial score (nSPS) is 9.76. The van der Waals surface area contributed by atoms with Crippen LogP contribution in [-0.4, -0.2) is 25.2 Å². The molecule has 17 heavy (non-hydrogen) atoms. The third-order valence-electron chi connectivity index (χ3n) is 1.81. The molecule has 5 nitrogen and oxygen atoms in total. The van der Waals surface area contributed by atoms with E-state index in [1.165, 1.54) is 6.07 Å². The summed E-state index contributed by atoms with van der Waals surface area (Å²) in [5.41, 5.74) is 5.19. The van der Waals surface area contributed by atoms with Gasteiger partial charge in [0.05, 0.1) is 11.6 Å². The van der Waals surface area contributed by atoms with Gasteiger partial charge in [0.1, 0.15) is 6.61 Å². The highest BCUT2D eigenvalue weighted by molar-refractivity contribution is 9.10. The zero-order valence-electron chi connectivity index (χ0n) is 8.70. The van der Waals surface area contributed by atoms with E-state index in [0.29, 0.717) is 15.1 Å². The number of benzene rings is 1. The summed E-state index contributed by atoms with van der Waals surface area (Å²) in [6.07, 6.45) is -0.870. The number of amides is 2. The molecular formula is C10H10BrClN2O3. The molecule has 92 valence electrons. The van der Waals surface area contributed by atoms with E-state index in [0.717, 1.165) is 0 Å². The number of primary amides is 1. The van der Waals surface area contributed by atoms with Crippen LogP contribution in [0.2, 0.25) is 5.02 Å². The molecule has 0 atom stereocenters. The van der Waals surface area contributed by atoms with Crippen molar-refractivity contribution in [3.63, 3.8) is 0 Å². The predicted octanol–water partition coefficient (Wildman–Crippen LogP) is 1.93. The van der Waals surface area contributed by atoms with Gasteiger partial charge in [0.25, 0.3) is 5.91 Å². The molecule has 0 bridgehead atoms. The first-order valence-electron chi connectivity index (χ1n) is 4.66. The fourth-order valence-electron chi connectivity index (χ4n) is 1.06. The fourth-order valence-corrected chi connectivity index (χ4v) is 1.48. The molecule has 0 saturated heterocycles. The zero-order valence-corrected chi connectivity index (χ0v) is 11.0. The van der Waals surface area contributed by atoms with Crippen LogP contribution in [0, 0.1) is 0 Å². The number of rotatable bonds is 4. The van der Waals surface area contributed by atoms with Gasteiger partial charge in [-0.3, -0.25) is 4.79 Å². The minimum atomic E-state index is -0.870. The molecule has 1 rings (SSSR count). The molecule has 3 N–H and O–H groups in total. The molecule has 7 heteroatoms. The van der Waals surface area contributed by atoms with Crippen LogP contribution in [0.3, 0.4) is 0 Å². The second-order valence-electron chi connectivity index (χ2n) is 3.05. The van der Waals surface area contributed by atoms with Gasteiger partial charge in [-0.15, -0.1) is 0 Å². The number of hydrogen-bond acceptors (Lipinski definition) is 3. The van der Waals surface area contributed by atoms with Crippen molar-refractivity contribution in [1.82, 2.24) is 5.32 Å². The van der Waals surface area contributed by atoms with Crippen LogP contribution in [0.1, 0.15) is 10.4 Å². The molecule has 2 amide bonds. The summed E-state index contributed by atoms with van der Waals surface area (Å²) in [7, 11) is 0. The van der Waals surface area contributed by atoms with Crippen molar-refractivity contribution in [3.8, 4) is 0 Å². The Hall–Kier alpha value is -1.27. The first-order valence-corrected chi connectivity index (χ1v) is 5.83. The van der Waals surface area contributed by atoms with E-state index in [1.54, 1.807) is 12.1 Å². The van der Waals surface area contributed by atoms with Gasteiger partial charge in [-0.05, 0) is 34.1 Å². The van der Waals surface area contributed by atoms with E-state index < -0.39 is 6.09 Å². The third-order valence-corrected chi connectivity index (χ3v) is 3.05. The number of carbonyl (C=O) groups is 2. The maximum absolute atomic E-state index is 11.6. The summed E-state index contributed by atoms with van der Waals surface area (Å²) < 4.78 is 5.18. The molecule has 0 heterocycles. The Balaban J connectivity index is 2.47. The molecule has 0 radical (unpaired) electrons. The second-order valence-corrected chi connectivity index (χ2v) is 4.31. The molecule has 1 aromatic carbocycles. The van der Waals surface area contributed by atoms with Crippen LogP contribution in [0.25, 0.3) is 0 Å². The van der Waals surface area contributed by atoms with Crippen LogP contribution in [0.5, 0.6) is 0 Å². The Morgan fingerprint density at radius 1 is 1.47 bits per heavy atom.